The third-order valence-electron chi connectivity index (χ3n) is 5.49. The summed E-state index contributed by atoms with van der Waals surface area (Å²) in [6.07, 6.45) is 8.63. The number of sulfonamides is 1. The minimum Gasteiger partial charge on any atom is -0.314 e. The van der Waals surface area contributed by atoms with Crippen LogP contribution in [0, 0.1) is 0 Å². The van der Waals surface area contributed by atoms with Gasteiger partial charge in [-0.25, -0.2) is 13.1 Å². The van der Waals surface area contributed by atoms with Crippen molar-refractivity contribution in [3.8, 4) is 0 Å². The highest BCUT2D eigenvalue weighted by Gasteiger charge is 2.25. The van der Waals surface area contributed by atoms with Crippen molar-refractivity contribution in [2.24, 2.45) is 0 Å². The molecule has 0 radical (unpaired) electrons. The van der Waals surface area contributed by atoms with Crippen LogP contribution in [0.3, 0.4) is 0 Å². The standard InChI is InChI=1S/C19H26N4O2S/c1-14(19-21-20-18-9-3-2-6-12-23(18)19)22-26(24,25)17-11-10-15-7-4-5-8-16(15)13-17/h10-11,13-14,22H,2-9,12H2,1H3/t14-/m1/s1. The van der Waals surface area contributed by atoms with Crippen LogP contribution in [0.4, 0.5) is 0 Å². The van der Waals surface area contributed by atoms with Crippen molar-refractivity contribution in [3.05, 3.63) is 41.0 Å². The third kappa shape index (κ3) is 3.42. The quantitative estimate of drug-likeness (QED) is 0.893. The van der Waals surface area contributed by atoms with Crippen molar-refractivity contribution in [2.45, 2.75) is 75.8 Å². The number of nitrogens with zero attached hydrogens (tertiary/aromatic N) is 3. The van der Waals surface area contributed by atoms with Crippen LogP contribution < -0.4 is 4.72 Å². The van der Waals surface area contributed by atoms with E-state index in [4.69, 9.17) is 0 Å². The molecule has 2 heterocycles. The maximum Gasteiger partial charge on any atom is 0.241 e. The minimum absolute atomic E-state index is 0.348. The first kappa shape index (κ1) is 17.7. The molecule has 0 bridgehead atoms. The molecule has 2 aromatic rings. The Morgan fingerprint density at radius 1 is 1.00 bits per heavy atom. The van der Waals surface area contributed by atoms with E-state index in [1.54, 1.807) is 6.07 Å². The van der Waals surface area contributed by atoms with Crippen molar-refractivity contribution in [3.63, 3.8) is 0 Å². The number of aromatic nitrogens is 3. The van der Waals surface area contributed by atoms with Crippen molar-refractivity contribution in [1.82, 2.24) is 19.5 Å². The zero-order valence-electron chi connectivity index (χ0n) is 15.2. The van der Waals surface area contributed by atoms with E-state index in [0.717, 1.165) is 50.9 Å². The lowest BCUT2D eigenvalue weighted by atomic mass is 9.92. The van der Waals surface area contributed by atoms with Crippen LogP contribution in [-0.2, 0) is 35.8 Å². The molecule has 0 unspecified atom stereocenters. The van der Waals surface area contributed by atoms with Crippen molar-refractivity contribution < 1.29 is 8.42 Å². The lowest BCUT2D eigenvalue weighted by Crippen LogP contribution is -2.29. The molecule has 2 aliphatic rings. The van der Waals surface area contributed by atoms with E-state index in [2.05, 4.69) is 19.5 Å². The number of fused-ring (bicyclic) bond motifs is 2. The molecule has 1 N–H and O–H groups in total. The number of aryl methyl sites for hydroxylation is 3. The van der Waals surface area contributed by atoms with Crippen LogP contribution in [0.2, 0.25) is 0 Å². The summed E-state index contributed by atoms with van der Waals surface area (Å²) in [5, 5.41) is 8.55. The Hall–Kier alpha value is -1.73. The number of nitrogens with one attached hydrogen (secondary N) is 1. The van der Waals surface area contributed by atoms with Crippen molar-refractivity contribution in [1.29, 1.82) is 0 Å². The smallest absolute Gasteiger partial charge is 0.241 e. The summed E-state index contributed by atoms with van der Waals surface area (Å²) in [7, 11) is -3.59. The summed E-state index contributed by atoms with van der Waals surface area (Å²) < 4.78 is 30.7. The van der Waals surface area contributed by atoms with E-state index >= 15 is 0 Å². The second kappa shape index (κ2) is 7.12. The molecule has 1 aromatic carbocycles. The van der Waals surface area contributed by atoms with Gasteiger partial charge in [0.2, 0.25) is 10.0 Å². The van der Waals surface area contributed by atoms with Crippen molar-refractivity contribution in [2.75, 3.05) is 0 Å². The van der Waals surface area contributed by atoms with E-state index in [1.807, 2.05) is 19.1 Å². The monoisotopic (exact) mass is 374 g/mol. The van der Waals surface area contributed by atoms with E-state index in [9.17, 15) is 8.42 Å². The van der Waals surface area contributed by atoms with Crippen molar-refractivity contribution >= 4 is 10.0 Å². The molecule has 140 valence electrons. The second-order valence-electron chi connectivity index (χ2n) is 7.42. The van der Waals surface area contributed by atoms with Crippen LogP contribution in [0.25, 0.3) is 0 Å². The average molecular weight is 375 g/mol. The lowest BCUT2D eigenvalue weighted by Gasteiger charge is -2.18. The van der Waals surface area contributed by atoms with E-state index in [1.165, 1.54) is 24.0 Å². The highest BCUT2D eigenvalue weighted by molar-refractivity contribution is 7.89. The first-order valence-corrected chi connectivity index (χ1v) is 11.1. The highest BCUT2D eigenvalue weighted by atomic mass is 32.2. The molecule has 1 aromatic heterocycles. The lowest BCUT2D eigenvalue weighted by molar-refractivity contribution is 0.533. The van der Waals surface area contributed by atoms with Gasteiger partial charge in [-0.2, -0.15) is 0 Å². The van der Waals surface area contributed by atoms with Gasteiger partial charge in [-0.05, 0) is 68.7 Å². The number of rotatable bonds is 4. The van der Waals surface area contributed by atoms with Gasteiger partial charge in [-0.3, -0.25) is 0 Å². The first-order valence-electron chi connectivity index (χ1n) is 9.61. The summed E-state index contributed by atoms with van der Waals surface area (Å²) in [6.45, 7) is 2.71. The van der Waals surface area contributed by atoms with Gasteiger partial charge in [0.1, 0.15) is 5.82 Å². The van der Waals surface area contributed by atoms with Crippen LogP contribution in [-0.4, -0.2) is 23.2 Å². The fraction of sp³-hybridized carbons (Fsp3) is 0.579. The van der Waals surface area contributed by atoms with Gasteiger partial charge < -0.3 is 4.57 Å². The third-order valence-corrected chi connectivity index (χ3v) is 7.03. The molecule has 7 heteroatoms. The zero-order valence-corrected chi connectivity index (χ0v) is 16.1. The Morgan fingerprint density at radius 3 is 2.62 bits per heavy atom. The minimum atomic E-state index is -3.59. The number of hydrogen-bond acceptors (Lipinski definition) is 4. The second-order valence-corrected chi connectivity index (χ2v) is 9.13. The summed E-state index contributed by atoms with van der Waals surface area (Å²) in [5.74, 6) is 1.68. The Bertz CT molecular complexity index is 904. The highest BCUT2D eigenvalue weighted by Crippen LogP contribution is 2.25. The molecule has 0 amide bonds. The molecule has 0 saturated heterocycles. The predicted octanol–water partition coefficient (Wildman–Crippen LogP) is 2.92. The van der Waals surface area contributed by atoms with Crippen LogP contribution in [0.5, 0.6) is 0 Å². The van der Waals surface area contributed by atoms with Gasteiger partial charge in [0, 0.05) is 13.0 Å². The molecule has 0 saturated carbocycles. The Kier molecular flexibility index (Phi) is 4.84. The molecule has 0 fully saturated rings. The number of hydrogen-bond donors (Lipinski definition) is 1. The molecule has 0 spiro atoms. The van der Waals surface area contributed by atoms with Gasteiger partial charge in [0.15, 0.2) is 5.82 Å². The molecule has 4 rings (SSSR count). The Morgan fingerprint density at radius 2 is 1.77 bits per heavy atom. The molecule has 26 heavy (non-hydrogen) atoms. The fourth-order valence-electron chi connectivity index (χ4n) is 4.06. The Labute approximate surface area is 155 Å². The van der Waals surface area contributed by atoms with Crippen LogP contribution >= 0.6 is 0 Å². The largest absolute Gasteiger partial charge is 0.314 e. The van der Waals surface area contributed by atoms with Gasteiger partial charge >= 0.3 is 0 Å². The maximum atomic E-state index is 12.9. The van der Waals surface area contributed by atoms with Gasteiger partial charge in [0.05, 0.1) is 10.9 Å². The average Bonchev–Trinajstić information content (AvgIpc) is 2.90. The molecular weight excluding hydrogens is 348 g/mol. The van der Waals surface area contributed by atoms with E-state index < -0.39 is 16.1 Å². The molecule has 1 atom stereocenters. The van der Waals surface area contributed by atoms with E-state index in [-0.39, 0.29) is 0 Å². The molecular formula is C19H26N4O2S. The summed E-state index contributed by atoms with van der Waals surface area (Å²) in [5.41, 5.74) is 2.45. The normalized spacial score (nSPS) is 18.7. The van der Waals surface area contributed by atoms with Crippen LogP contribution in [0.1, 0.15) is 67.8 Å². The SMILES string of the molecule is C[C@@H](NS(=O)(=O)c1ccc2c(c1)CCCC2)c1nnc2n1CCCCC2. The van der Waals surface area contributed by atoms with Gasteiger partial charge in [0.25, 0.3) is 0 Å². The fourth-order valence-corrected chi connectivity index (χ4v) is 5.31. The van der Waals surface area contributed by atoms with E-state index in [0.29, 0.717) is 10.7 Å². The predicted molar refractivity (Wildman–Crippen MR) is 99.4 cm³/mol. The molecule has 1 aliphatic heterocycles. The zero-order chi connectivity index (χ0) is 18.1. The van der Waals surface area contributed by atoms with Crippen LogP contribution in [0.15, 0.2) is 23.1 Å². The Balaban J connectivity index is 1.57. The summed E-state index contributed by atoms with van der Waals surface area (Å²) in [6, 6.07) is 5.13. The maximum absolute atomic E-state index is 12.9. The summed E-state index contributed by atoms with van der Waals surface area (Å²) >= 11 is 0. The molecule has 1 aliphatic carbocycles. The van der Waals surface area contributed by atoms with Gasteiger partial charge in [-0.15, -0.1) is 10.2 Å². The number of benzene rings is 1. The molecule has 6 nitrogen and oxygen atoms in total. The first-order chi connectivity index (χ1) is 12.5. The topological polar surface area (TPSA) is 76.9 Å². The summed E-state index contributed by atoms with van der Waals surface area (Å²) in [4.78, 5) is 0.348. The van der Waals surface area contributed by atoms with Gasteiger partial charge in [-0.1, -0.05) is 12.5 Å².